The van der Waals surface area contributed by atoms with Gasteiger partial charge in [0.15, 0.2) is 8.32 Å². The maximum Gasteiger partial charge on any atom is 0.245 e. The van der Waals surface area contributed by atoms with Crippen molar-refractivity contribution < 1.29 is 18.8 Å². The van der Waals surface area contributed by atoms with Crippen molar-refractivity contribution in [3.05, 3.63) is 0 Å². The summed E-state index contributed by atoms with van der Waals surface area (Å²) in [5, 5.41) is 1.67. The van der Waals surface area contributed by atoms with E-state index in [9.17, 15) is 4.79 Å². The Morgan fingerprint density at radius 3 is 2.67 bits per heavy atom. The molecule has 2 rings (SSSR count). The standard InChI is InChI=1S/C19H35NO4S2Si/c1-8-23-18(25)26-17-16-13(11-12-19(17,2)3)24-27(6,7)14(16)9-10-15(21)20(4)22-5/h13-14,16-17H,8-12H2,1-7H3/t13-,14-,16+,17+/m0/s1. The van der Waals surface area contributed by atoms with Crippen molar-refractivity contribution in [2.75, 3.05) is 20.8 Å². The quantitative estimate of drug-likeness (QED) is 0.346. The Balaban J connectivity index is 2.22. The number of rotatable bonds is 6. The minimum absolute atomic E-state index is 0.0230. The van der Waals surface area contributed by atoms with E-state index in [2.05, 4.69) is 26.9 Å². The minimum atomic E-state index is -1.89. The Morgan fingerprint density at radius 2 is 2.07 bits per heavy atom. The molecule has 1 heterocycles. The van der Waals surface area contributed by atoms with Crippen molar-refractivity contribution in [1.29, 1.82) is 0 Å². The number of hydrogen-bond donors (Lipinski definition) is 0. The second-order valence-corrected chi connectivity index (χ2v) is 14.7. The topological polar surface area (TPSA) is 48.0 Å². The van der Waals surface area contributed by atoms with Gasteiger partial charge in [0.2, 0.25) is 10.3 Å². The fraction of sp³-hybridized carbons (Fsp3) is 0.895. The van der Waals surface area contributed by atoms with E-state index >= 15 is 0 Å². The molecule has 1 aliphatic carbocycles. The molecule has 0 unspecified atom stereocenters. The first kappa shape index (κ1) is 23.1. The molecule has 0 aromatic carbocycles. The van der Waals surface area contributed by atoms with Crippen molar-refractivity contribution in [2.24, 2.45) is 11.3 Å². The van der Waals surface area contributed by atoms with Crippen LogP contribution in [0.5, 0.6) is 0 Å². The van der Waals surface area contributed by atoms with E-state index in [-0.39, 0.29) is 17.4 Å². The highest BCUT2D eigenvalue weighted by molar-refractivity contribution is 8.23. The third-order valence-corrected chi connectivity index (χ3v) is 11.5. The second-order valence-electron chi connectivity index (χ2n) is 8.80. The Kier molecular flexibility index (Phi) is 7.81. The van der Waals surface area contributed by atoms with E-state index < -0.39 is 8.32 Å². The van der Waals surface area contributed by atoms with Gasteiger partial charge in [-0.05, 0) is 68.4 Å². The summed E-state index contributed by atoms with van der Waals surface area (Å²) in [7, 11) is 1.30. The predicted octanol–water partition coefficient (Wildman–Crippen LogP) is 4.62. The molecule has 1 saturated carbocycles. The molecule has 0 aromatic rings. The van der Waals surface area contributed by atoms with Crippen LogP contribution in [-0.2, 0) is 18.8 Å². The molecule has 1 amide bonds. The van der Waals surface area contributed by atoms with Gasteiger partial charge in [-0.3, -0.25) is 9.63 Å². The van der Waals surface area contributed by atoms with Crippen molar-refractivity contribution in [3.63, 3.8) is 0 Å². The van der Waals surface area contributed by atoms with Gasteiger partial charge in [0.25, 0.3) is 0 Å². The van der Waals surface area contributed by atoms with Crippen molar-refractivity contribution in [2.45, 2.75) is 76.4 Å². The highest BCUT2D eigenvalue weighted by Crippen LogP contribution is 2.58. The number of ether oxygens (including phenoxy) is 1. The normalized spacial score (nSPS) is 31.2. The molecule has 5 nitrogen and oxygen atoms in total. The van der Waals surface area contributed by atoms with Gasteiger partial charge >= 0.3 is 0 Å². The molecule has 4 atom stereocenters. The number of carbonyl (C=O) groups is 1. The third kappa shape index (κ3) is 5.26. The Bertz CT molecular complexity index is 558. The average Bonchev–Trinajstić information content (AvgIpc) is 2.84. The lowest BCUT2D eigenvalue weighted by molar-refractivity contribution is -0.168. The minimum Gasteiger partial charge on any atom is -0.479 e. The molecule has 8 heteroatoms. The van der Waals surface area contributed by atoms with E-state index in [0.717, 1.165) is 19.3 Å². The van der Waals surface area contributed by atoms with Crippen LogP contribution in [0.25, 0.3) is 0 Å². The maximum atomic E-state index is 12.3. The zero-order valence-electron chi connectivity index (χ0n) is 17.7. The SMILES string of the molecule is CCOC(=S)S[C@@H]1[C@@H]2[C@H](CCC1(C)C)O[Si](C)(C)[C@H]2CCC(=O)N(C)OC. The molecule has 1 aliphatic heterocycles. The molecule has 0 N–H and O–H groups in total. The monoisotopic (exact) mass is 433 g/mol. The number of hydrogen-bond acceptors (Lipinski definition) is 6. The number of hydroxylamine groups is 2. The van der Waals surface area contributed by atoms with Crippen molar-refractivity contribution >= 4 is 42.6 Å². The van der Waals surface area contributed by atoms with Gasteiger partial charge in [-0.2, -0.15) is 0 Å². The summed E-state index contributed by atoms with van der Waals surface area (Å²) in [6.45, 7) is 11.8. The van der Waals surface area contributed by atoms with Gasteiger partial charge in [0.1, 0.15) is 0 Å². The molecule has 0 bridgehead atoms. The molecule has 156 valence electrons. The van der Waals surface area contributed by atoms with Gasteiger partial charge < -0.3 is 9.16 Å². The van der Waals surface area contributed by atoms with Crippen LogP contribution in [0.1, 0.15) is 46.5 Å². The number of thioether (sulfide) groups is 1. The Morgan fingerprint density at radius 1 is 1.41 bits per heavy atom. The highest BCUT2D eigenvalue weighted by Gasteiger charge is 2.58. The lowest BCUT2D eigenvalue weighted by Gasteiger charge is -2.46. The summed E-state index contributed by atoms with van der Waals surface area (Å²) in [6.07, 6.45) is 3.84. The second kappa shape index (κ2) is 9.11. The van der Waals surface area contributed by atoms with Crippen LogP contribution in [0.4, 0.5) is 0 Å². The number of thiocarbonyl (C=S) groups is 1. The van der Waals surface area contributed by atoms with E-state index in [0.29, 0.717) is 34.1 Å². The summed E-state index contributed by atoms with van der Waals surface area (Å²) in [5.74, 6) is 0.439. The van der Waals surface area contributed by atoms with Crippen LogP contribution in [0.15, 0.2) is 0 Å². The number of carbonyl (C=O) groups excluding carboxylic acids is 1. The molecule has 2 fully saturated rings. The third-order valence-electron chi connectivity index (χ3n) is 6.21. The fourth-order valence-electron chi connectivity index (χ4n) is 4.69. The fourth-order valence-corrected chi connectivity index (χ4v) is 10.0. The van der Waals surface area contributed by atoms with E-state index in [1.807, 2.05) is 6.92 Å². The lowest BCUT2D eigenvalue weighted by Crippen LogP contribution is -2.45. The van der Waals surface area contributed by atoms with E-state index in [4.69, 9.17) is 26.2 Å². The van der Waals surface area contributed by atoms with Gasteiger partial charge in [0, 0.05) is 24.8 Å². The number of amides is 1. The Labute approximate surface area is 174 Å². The largest absolute Gasteiger partial charge is 0.479 e. The zero-order chi connectivity index (χ0) is 20.4. The lowest BCUT2D eigenvalue weighted by atomic mass is 9.68. The number of fused-ring (bicyclic) bond motifs is 1. The zero-order valence-corrected chi connectivity index (χ0v) is 20.4. The molecular formula is C19H35NO4S2Si. The van der Waals surface area contributed by atoms with Crippen molar-refractivity contribution in [3.8, 4) is 0 Å². The summed E-state index contributed by atoms with van der Waals surface area (Å²) in [4.78, 5) is 17.3. The first-order valence-corrected chi connectivity index (χ1v) is 14.1. The van der Waals surface area contributed by atoms with Crippen LogP contribution in [-0.4, -0.2) is 55.8 Å². The van der Waals surface area contributed by atoms with E-state index in [1.54, 1.807) is 18.8 Å². The molecule has 2 aliphatic rings. The van der Waals surface area contributed by atoms with E-state index in [1.165, 1.54) is 12.2 Å². The van der Waals surface area contributed by atoms with Gasteiger partial charge in [-0.15, -0.1) is 0 Å². The Hall–Kier alpha value is -0.153. The summed E-state index contributed by atoms with van der Waals surface area (Å²) >= 11 is 7.19. The van der Waals surface area contributed by atoms with Crippen LogP contribution in [0.2, 0.25) is 18.6 Å². The van der Waals surface area contributed by atoms with Gasteiger partial charge in [0.05, 0.1) is 13.7 Å². The number of nitrogens with zero attached hydrogens (tertiary/aromatic N) is 1. The van der Waals surface area contributed by atoms with Gasteiger partial charge in [-0.1, -0.05) is 25.6 Å². The highest BCUT2D eigenvalue weighted by atomic mass is 32.2. The summed E-state index contributed by atoms with van der Waals surface area (Å²) in [5.41, 5.74) is 0.592. The molecule has 27 heavy (non-hydrogen) atoms. The molecule has 0 aromatic heterocycles. The molecule has 1 saturated heterocycles. The van der Waals surface area contributed by atoms with Crippen LogP contribution in [0.3, 0.4) is 0 Å². The first-order chi connectivity index (χ1) is 12.5. The first-order valence-electron chi connectivity index (χ1n) is 9.85. The van der Waals surface area contributed by atoms with Crippen molar-refractivity contribution in [1.82, 2.24) is 5.06 Å². The molecule has 0 spiro atoms. The maximum absolute atomic E-state index is 12.3. The molecular weight excluding hydrogens is 398 g/mol. The average molecular weight is 434 g/mol. The van der Waals surface area contributed by atoms with Crippen LogP contribution in [0, 0.1) is 11.3 Å². The smallest absolute Gasteiger partial charge is 0.245 e. The van der Waals surface area contributed by atoms with Gasteiger partial charge in [-0.25, -0.2) is 5.06 Å². The van der Waals surface area contributed by atoms with Crippen LogP contribution >= 0.6 is 24.0 Å². The predicted molar refractivity (Wildman–Crippen MR) is 117 cm³/mol. The molecule has 0 radical (unpaired) electrons. The van der Waals surface area contributed by atoms with Crippen LogP contribution < -0.4 is 0 Å². The summed E-state index contributed by atoms with van der Waals surface area (Å²) in [6, 6.07) is 0. The summed E-state index contributed by atoms with van der Waals surface area (Å²) < 4.78 is 12.9.